The van der Waals surface area contributed by atoms with Crippen LogP contribution >= 0.6 is 0 Å². The Labute approximate surface area is 193 Å². The molecule has 5 nitrogen and oxygen atoms in total. The largest absolute Gasteiger partial charge is 0.459 e. The molecule has 2 unspecified atom stereocenters. The Hall–Kier alpha value is -3.44. The van der Waals surface area contributed by atoms with Crippen LogP contribution in [0, 0.1) is 0 Å². The first-order chi connectivity index (χ1) is 16.0. The molecule has 0 amide bonds. The summed E-state index contributed by atoms with van der Waals surface area (Å²) < 4.78 is 11.6. The molecule has 5 heteroatoms. The van der Waals surface area contributed by atoms with Crippen molar-refractivity contribution in [3.63, 3.8) is 0 Å². The molecule has 2 aliphatic rings. The maximum atomic E-state index is 13.8. The summed E-state index contributed by atoms with van der Waals surface area (Å²) in [6, 6.07) is 25.3. The van der Waals surface area contributed by atoms with Crippen LogP contribution in [0.25, 0.3) is 0 Å². The fourth-order valence-corrected chi connectivity index (χ4v) is 5.10. The van der Waals surface area contributed by atoms with Crippen molar-refractivity contribution >= 4 is 11.9 Å². The van der Waals surface area contributed by atoms with Gasteiger partial charge in [-0.1, -0.05) is 72.8 Å². The molecule has 3 aromatic carbocycles. The number of ether oxygens (including phenoxy) is 2. The standard InChI is InChI=1S/C28H27NO4/c1-19(2)32-26(30)23-14-8-6-13-22(23)18-28-24-15-9-7-10-20(24)16-17-29(28)25(33-27(28)31)21-11-4-3-5-12-21/h3-15,19,25H,16-18H2,1-2H3. The van der Waals surface area contributed by atoms with Crippen LogP contribution in [-0.4, -0.2) is 29.5 Å². The third-order valence-electron chi connectivity index (χ3n) is 6.53. The summed E-state index contributed by atoms with van der Waals surface area (Å²) in [5.74, 6) is -0.658. The summed E-state index contributed by atoms with van der Waals surface area (Å²) in [5.41, 5.74) is 3.28. The summed E-state index contributed by atoms with van der Waals surface area (Å²) in [6.07, 6.45) is 0.459. The van der Waals surface area contributed by atoms with Crippen LogP contribution in [0.2, 0.25) is 0 Å². The van der Waals surface area contributed by atoms with E-state index in [4.69, 9.17) is 9.47 Å². The van der Waals surface area contributed by atoms with Gasteiger partial charge < -0.3 is 9.47 Å². The Bertz CT molecular complexity index is 1190. The van der Waals surface area contributed by atoms with Crippen molar-refractivity contribution in [2.75, 3.05) is 6.54 Å². The molecule has 1 fully saturated rings. The Morgan fingerprint density at radius 2 is 1.73 bits per heavy atom. The van der Waals surface area contributed by atoms with Crippen LogP contribution < -0.4 is 0 Å². The molecule has 1 saturated heterocycles. The SMILES string of the molecule is CC(C)OC(=O)c1ccccc1CC12C(=O)OC(c3ccccc3)N1CCc1ccccc12. The molecule has 0 aromatic heterocycles. The van der Waals surface area contributed by atoms with Gasteiger partial charge in [-0.25, -0.2) is 14.5 Å². The van der Waals surface area contributed by atoms with Crippen LogP contribution in [0.5, 0.6) is 0 Å². The fraction of sp³-hybridized carbons (Fsp3) is 0.286. The zero-order valence-electron chi connectivity index (χ0n) is 18.9. The third kappa shape index (κ3) is 3.62. The number of esters is 2. The minimum Gasteiger partial charge on any atom is -0.459 e. The predicted octanol–water partition coefficient (Wildman–Crippen LogP) is 4.80. The lowest BCUT2D eigenvalue weighted by Crippen LogP contribution is -2.52. The lowest BCUT2D eigenvalue weighted by atomic mass is 9.76. The van der Waals surface area contributed by atoms with Gasteiger partial charge >= 0.3 is 11.9 Å². The Kier molecular flexibility index (Phi) is 5.51. The van der Waals surface area contributed by atoms with Crippen molar-refractivity contribution in [2.45, 2.75) is 44.6 Å². The van der Waals surface area contributed by atoms with Crippen molar-refractivity contribution in [3.05, 3.63) is 107 Å². The second kappa shape index (κ2) is 8.49. The Morgan fingerprint density at radius 1 is 1.03 bits per heavy atom. The van der Waals surface area contributed by atoms with Gasteiger partial charge in [-0.3, -0.25) is 0 Å². The third-order valence-corrected chi connectivity index (χ3v) is 6.53. The molecule has 0 bridgehead atoms. The molecule has 0 radical (unpaired) electrons. The minimum atomic E-state index is -1.01. The maximum Gasteiger partial charge on any atom is 0.338 e. The Balaban J connectivity index is 1.64. The average Bonchev–Trinajstić information content (AvgIpc) is 3.12. The van der Waals surface area contributed by atoms with E-state index in [1.165, 1.54) is 0 Å². The van der Waals surface area contributed by atoms with Crippen LogP contribution in [0.15, 0.2) is 78.9 Å². The van der Waals surface area contributed by atoms with Crippen LogP contribution in [0.3, 0.4) is 0 Å². The van der Waals surface area contributed by atoms with E-state index in [0.29, 0.717) is 18.5 Å². The first-order valence-corrected chi connectivity index (χ1v) is 11.4. The number of nitrogens with zero attached hydrogens (tertiary/aromatic N) is 1. The lowest BCUT2D eigenvalue weighted by Gasteiger charge is -2.41. The molecule has 2 heterocycles. The van der Waals surface area contributed by atoms with Gasteiger partial charge in [-0.15, -0.1) is 0 Å². The molecule has 3 aromatic rings. The number of fused-ring (bicyclic) bond motifs is 3. The molecule has 5 rings (SSSR count). The summed E-state index contributed by atoms with van der Waals surface area (Å²) >= 11 is 0. The number of rotatable bonds is 5. The van der Waals surface area contributed by atoms with Crippen LogP contribution in [0.4, 0.5) is 0 Å². The first-order valence-electron chi connectivity index (χ1n) is 11.4. The molecule has 0 saturated carbocycles. The number of benzene rings is 3. The summed E-state index contributed by atoms with van der Waals surface area (Å²) in [5, 5.41) is 0. The topological polar surface area (TPSA) is 55.8 Å². The van der Waals surface area contributed by atoms with Gasteiger partial charge in [0.1, 0.15) is 0 Å². The van der Waals surface area contributed by atoms with Gasteiger partial charge in [0.25, 0.3) is 0 Å². The van der Waals surface area contributed by atoms with E-state index < -0.39 is 11.8 Å². The van der Waals surface area contributed by atoms with Crippen LogP contribution in [0.1, 0.15) is 52.7 Å². The Morgan fingerprint density at radius 3 is 2.52 bits per heavy atom. The van der Waals surface area contributed by atoms with Gasteiger partial charge in [0.2, 0.25) is 0 Å². The van der Waals surface area contributed by atoms with E-state index in [2.05, 4.69) is 11.0 Å². The van der Waals surface area contributed by atoms with Gasteiger partial charge in [0.15, 0.2) is 11.8 Å². The number of hydrogen-bond acceptors (Lipinski definition) is 5. The fourth-order valence-electron chi connectivity index (χ4n) is 5.10. The normalized spacial score (nSPS) is 21.9. The lowest BCUT2D eigenvalue weighted by molar-refractivity contribution is -0.146. The van der Waals surface area contributed by atoms with Crippen molar-refractivity contribution in [1.82, 2.24) is 4.90 Å². The van der Waals surface area contributed by atoms with Crippen molar-refractivity contribution in [1.29, 1.82) is 0 Å². The highest BCUT2D eigenvalue weighted by Crippen LogP contribution is 2.49. The molecule has 0 N–H and O–H groups in total. The predicted molar refractivity (Wildman–Crippen MR) is 125 cm³/mol. The summed E-state index contributed by atoms with van der Waals surface area (Å²) in [4.78, 5) is 28.8. The monoisotopic (exact) mass is 441 g/mol. The molecule has 0 spiro atoms. The van der Waals surface area contributed by atoms with Gasteiger partial charge in [-0.2, -0.15) is 0 Å². The molecule has 168 valence electrons. The number of carbonyl (C=O) groups is 2. The molecular weight excluding hydrogens is 414 g/mol. The molecule has 33 heavy (non-hydrogen) atoms. The second-order valence-corrected chi connectivity index (χ2v) is 8.92. The molecular formula is C28H27NO4. The second-order valence-electron chi connectivity index (χ2n) is 8.92. The van der Waals surface area contributed by atoms with E-state index >= 15 is 0 Å². The number of cyclic esters (lactones) is 1. The van der Waals surface area contributed by atoms with Gasteiger partial charge in [-0.05, 0) is 43.0 Å². The maximum absolute atomic E-state index is 13.8. The first kappa shape index (κ1) is 21.4. The quantitative estimate of drug-likeness (QED) is 0.532. The number of carbonyl (C=O) groups excluding carboxylic acids is 2. The smallest absolute Gasteiger partial charge is 0.338 e. The van der Waals surface area contributed by atoms with E-state index in [1.807, 2.05) is 80.6 Å². The molecule has 0 aliphatic carbocycles. The van der Waals surface area contributed by atoms with Gasteiger partial charge in [0.05, 0.1) is 11.7 Å². The highest BCUT2D eigenvalue weighted by molar-refractivity contribution is 5.92. The van der Waals surface area contributed by atoms with E-state index in [-0.39, 0.29) is 18.0 Å². The van der Waals surface area contributed by atoms with Crippen molar-refractivity contribution < 1.29 is 19.1 Å². The highest BCUT2D eigenvalue weighted by atomic mass is 16.6. The van der Waals surface area contributed by atoms with Crippen molar-refractivity contribution in [2.24, 2.45) is 0 Å². The number of hydrogen-bond donors (Lipinski definition) is 0. The highest BCUT2D eigenvalue weighted by Gasteiger charge is 2.59. The molecule has 2 aliphatic heterocycles. The summed E-state index contributed by atoms with van der Waals surface area (Å²) in [6.45, 7) is 4.34. The minimum absolute atomic E-state index is 0.227. The van der Waals surface area contributed by atoms with Crippen molar-refractivity contribution in [3.8, 4) is 0 Å². The van der Waals surface area contributed by atoms with E-state index in [1.54, 1.807) is 6.07 Å². The van der Waals surface area contributed by atoms with Crippen LogP contribution in [-0.2, 0) is 32.6 Å². The zero-order valence-corrected chi connectivity index (χ0v) is 18.9. The van der Waals surface area contributed by atoms with Gasteiger partial charge in [0, 0.05) is 18.5 Å². The summed E-state index contributed by atoms with van der Waals surface area (Å²) in [7, 11) is 0. The molecule has 2 atom stereocenters. The van der Waals surface area contributed by atoms with E-state index in [0.717, 1.165) is 28.7 Å². The zero-order chi connectivity index (χ0) is 23.0. The average molecular weight is 442 g/mol. The van der Waals surface area contributed by atoms with E-state index in [9.17, 15) is 9.59 Å².